The first-order valence-corrected chi connectivity index (χ1v) is 8.75. The third-order valence-electron chi connectivity index (χ3n) is 5.40. The monoisotopic (exact) mass is 336 g/mol. The Morgan fingerprint density at radius 3 is 2.96 bits per heavy atom. The number of aromatic nitrogens is 6. The van der Waals surface area contributed by atoms with E-state index in [4.69, 9.17) is 0 Å². The molecule has 5 rings (SSSR count). The van der Waals surface area contributed by atoms with Gasteiger partial charge in [0.05, 0.1) is 12.4 Å². The molecule has 0 spiro atoms. The zero-order chi connectivity index (χ0) is 16.8. The van der Waals surface area contributed by atoms with Crippen molar-refractivity contribution in [3.05, 3.63) is 30.6 Å². The van der Waals surface area contributed by atoms with Crippen LogP contribution >= 0.6 is 0 Å². The summed E-state index contributed by atoms with van der Waals surface area (Å²) in [7, 11) is 0. The second-order valence-corrected chi connectivity index (χ2v) is 6.84. The zero-order valence-electron chi connectivity index (χ0n) is 14.1. The Bertz CT molecular complexity index is 906. The van der Waals surface area contributed by atoms with Crippen LogP contribution in [0.4, 0.5) is 11.8 Å². The summed E-state index contributed by atoms with van der Waals surface area (Å²) >= 11 is 0. The van der Waals surface area contributed by atoms with Crippen LogP contribution in [0.1, 0.15) is 18.5 Å². The smallest absolute Gasteiger partial charge is 0.225 e. The average molecular weight is 336 g/mol. The summed E-state index contributed by atoms with van der Waals surface area (Å²) in [5, 5.41) is 0. The van der Waals surface area contributed by atoms with Crippen molar-refractivity contribution in [2.24, 2.45) is 5.92 Å². The largest absolute Gasteiger partial charge is 0.350 e. The van der Waals surface area contributed by atoms with Gasteiger partial charge in [-0.15, -0.1) is 0 Å². The van der Waals surface area contributed by atoms with E-state index in [9.17, 15) is 0 Å². The van der Waals surface area contributed by atoms with Gasteiger partial charge in [0.2, 0.25) is 5.95 Å². The molecule has 2 aliphatic heterocycles. The molecule has 0 saturated carbocycles. The van der Waals surface area contributed by atoms with Gasteiger partial charge in [0.1, 0.15) is 11.8 Å². The van der Waals surface area contributed by atoms with Gasteiger partial charge in [0, 0.05) is 31.5 Å². The second kappa shape index (κ2) is 5.65. The third kappa shape index (κ3) is 2.40. The number of anilines is 2. The summed E-state index contributed by atoms with van der Waals surface area (Å²) in [5.74, 6) is 2.48. The summed E-state index contributed by atoms with van der Waals surface area (Å²) < 4.78 is 0. The van der Waals surface area contributed by atoms with E-state index >= 15 is 0 Å². The Labute approximate surface area is 145 Å². The Hall–Kier alpha value is -2.77. The number of H-pyrrole nitrogens is 1. The molecule has 3 aromatic heterocycles. The number of nitrogens with zero attached hydrogens (tertiary/aromatic N) is 7. The number of hydrogen-bond donors (Lipinski definition) is 1. The van der Waals surface area contributed by atoms with E-state index in [-0.39, 0.29) is 0 Å². The van der Waals surface area contributed by atoms with Crippen LogP contribution in [0.5, 0.6) is 0 Å². The summed E-state index contributed by atoms with van der Waals surface area (Å²) in [6, 6.07) is 2.35. The highest BCUT2D eigenvalue weighted by Crippen LogP contribution is 2.36. The van der Waals surface area contributed by atoms with E-state index < -0.39 is 0 Å². The average Bonchev–Trinajstić information content (AvgIpc) is 3.27. The third-order valence-corrected chi connectivity index (χ3v) is 5.40. The highest BCUT2D eigenvalue weighted by Gasteiger charge is 2.40. The molecule has 0 radical (unpaired) electrons. The SMILES string of the molecule is Cc1ccnc(N2CCC3CCN(c4ncnc5nc[nH]c45)C3C2)n1. The summed E-state index contributed by atoms with van der Waals surface area (Å²) in [5.41, 5.74) is 2.65. The molecule has 2 unspecified atom stereocenters. The predicted octanol–water partition coefficient (Wildman–Crippen LogP) is 1.56. The minimum absolute atomic E-state index is 0.416. The summed E-state index contributed by atoms with van der Waals surface area (Å²) in [6.07, 6.45) is 7.50. The maximum absolute atomic E-state index is 4.60. The number of aryl methyl sites for hydroxylation is 1. The fourth-order valence-electron chi connectivity index (χ4n) is 4.14. The van der Waals surface area contributed by atoms with Crippen LogP contribution in [-0.2, 0) is 0 Å². The minimum Gasteiger partial charge on any atom is -0.350 e. The van der Waals surface area contributed by atoms with Gasteiger partial charge >= 0.3 is 0 Å². The van der Waals surface area contributed by atoms with Crippen LogP contribution in [0, 0.1) is 12.8 Å². The van der Waals surface area contributed by atoms with Crippen LogP contribution in [-0.4, -0.2) is 55.6 Å². The lowest BCUT2D eigenvalue weighted by Crippen LogP contribution is -2.49. The normalized spacial score (nSPS) is 23.2. The van der Waals surface area contributed by atoms with E-state index in [1.807, 2.05) is 19.2 Å². The van der Waals surface area contributed by atoms with Crippen molar-refractivity contribution in [1.82, 2.24) is 29.9 Å². The number of nitrogens with one attached hydrogen (secondary N) is 1. The van der Waals surface area contributed by atoms with E-state index in [0.29, 0.717) is 12.0 Å². The number of piperidine rings is 1. The van der Waals surface area contributed by atoms with Gasteiger partial charge in [-0.3, -0.25) is 0 Å². The topological polar surface area (TPSA) is 86.7 Å². The van der Waals surface area contributed by atoms with Crippen LogP contribution < -0.4 is 9.80 Å². The zero-order valence-corrected chi connectivity index (χ0v) is 14.1. The van der Waals surface area contributed by atoms with Crippen molar-refractivity contribution in [2.75, 3.05) is 29.4 Å². The molecule has 8 heteroatoms. The van der Waals surface area contributed by atoms with Gasteiger partial charge < -0.3 is 14.8 Å². The molecular weight excluding hydrogens is 316 g/mol. The van der Waals surface area contributed by atoms with Crippen molar-refractivity contribution in [3.63, 3.8) is 0 Å². The second-order valence-electron chi connectivity index (χ2n) is 6.84. The van der Waals surface area contributed by atoms with Crippen LogP contribution in [0.3, 0.4) is 0 Å². The molecule has 2 fully saturated rings. The number of hydrogen-bond acceptors (Lipinski definition) is 7. The van der Waals surface area contributed by atoms with Crippen molar-refractivity contribution in [1.29, 1.82) is 0 Å². The van der Waals surface area contributed by atoms with E-state index in [0.717, 1.165) is 54.7 Å². The summed E-state index contributed by atoms with van der Waals surface area (Å²) in [6.45, 7) is 4.97. The molecule has 8 nitrogen and oxygen atoms in total. The lowest BCUT2D eigenvalue weighted by molar-refractivity contribution is 0.387. The van der Waals surface area contributed by atoms with Crippen LogP contribution in [0.25, 0.3) is 11.2 Å². The lowest BCUT2D eigenvalue weighted by atomic mass is 9.92. The molecule has 1 N–H and O–H groups in total. The maximum Gasteiger partial charge on any atom is 0.225 e. The molecule has 2 aliphatic rings. The van der Waals surface area contributed by atoms with E-state index in [1.54, 1.807) is 12.7 Å². The van der Waals surface area contributed by atoms with Crippen molar-refractivity contribution < 1.29 is 0 Å². The van der Waals surface area contributed by atoms with Crippen LogP contribution in [0.2, 0.25) is 0 Å². The molecular formula is C17H20N8. The lowest BCUT2D eigenvalue weighted by Gasteiger charge is -2.38. The minimum atomic E-state index is 0.416. The van der Waals surface area contributed by atoms with Gasteiger partial charge in [-0.05, 0) is 31.7 Å². The molecule has 25 heavy (non-hydrogen) atoms. The Morgan fingerprint density at radius 2 is 2.04 bits per heavy atom. The molecule has 2 atom stereocenters. The molecule has 0 amide bonds. The molecule has 0 aliphatic carbocycles. The summed E-state index contributed by atoms with van der Waals surface area (Å²) in [4.78, 5) is 30.0. The highest BCUT2D eigenvalue weighted by molar-refractivity contribution is 5.83. The van der Waals surface area contributed by atoms with Gasteiger partial charge in [-0.1, -0.05) is 0 Å². The van der Waals surface area contributed by atoms with Gasteiger partial charge in [-0.2, -0.15) is 0 Å². The van der Waals surface area contributed by atoms with E-state index in [2.05, 4.69) is 39.7 Å². The van der Waals surface area contributed by atoms with Gasteiger partial charge in [0.25, 0.3) is 0 Å². The molecule has 0 bridgehead atoms. The number of fused-ring (bicyclic) bond motifs is 2. The standard InChI is InChI=1S/C17H20N8/c1-11-2-5-18-17(23-11)24-6-3-12-4-7-25(13(12)8-24)16-14-15(20-9-19-14)21-10-22-16/h2,5,9-10,12-13H,3-4,6-8H2,1H3,(H,19,20,21,22). The maximum atomic E-state index is 4.60. The van der Waals surface area contributed by atoms with Crippen molar-refractivity contribution >= 4 is 22.9 Å². The molecule has 0 aromatic carbocycles. The fourth-order valence-corrected chi connectivity index (χ4v) is 4.14. The predicted molar refractivity (Wildman–Crippen MR) is 94.5 cm³/mol. The molecule has 128 valence electrons. The molecule has 2 saturated heterocycles. The number of aromatic amines is 1. The molecule has 3 aromatic rings. The van der Waals surface area contributed by atoms with Crippen molar-refractivity contribution in [3.8, 4) is 0 Å². The number of imidazole rings is 1. The fraction of sp³-hybridized carbons (Fsp3) is 0.471. The highest BCUT2D eigenvalue weighted by atomic mass is 15.3. The molecule has 5 heterocycles. The Balaban J connectivity index is 1.47. The first-order valence-electron chi connectivity index (χ1n) is 8.75. The van der Waals surface area contributed by atoms with Gasteiger partial charge in [0.15, 0.2) is 11.5 Å². The first kappa shape index (κ1) is 14.6. The van der Waals surface area contributed by atoms with E-state index in [1.165, 1.54) is 6.42 Å². The van der Waals surface area contributed by atoms with Gasteiger partial charge in [-0.25, -0.2) is 24.9 Å². The van der Waals surface area contributed by atoms with Crippen molar-refractivity contribution in [2.45, 2.75) is 25.8 Å². The number of rotatable bonds is 2. The van der Waals surface area contributed by atoms with Crippen LogP contribution in [0.15, 0.2) is 24.9 Å². The quantitative estimate of drug-likeness (QED) is 0.760. The first-order chi connectivity index (χ1) is 12.3. The Morgan fingerprint density at radius 1 is 1.12 bits per heavy atom. The Kier molecular flexibility index (Phi) is 3.29.